The van der Waals surface area contributed by atoms with Gasteiger partial charge < -0.3 is 20.1 Å². The fraction of sp³-hybridized carbons (Fsp3) is 0.250. The molecule has 3 rings (SSSR count). The Morgan fingerprint density at radius 1 is 1.25 bits per heavy atom. The molecule has 28 heavy (non-hydrogen) atoms. The van der Waals surface area contributed by atoms with E-state index in [0.29, 0.717) is 17.1 Å². The van der Waals surface area contributed by atoms with Crippen molar-refractivity contribution >= 4 is 29.0 Å². The number of hydrogen-bond acceptors (Lipinski definition) is 4. The lowest BCUT2D eigenvalue weighted by molar-refractivity contribution is 0.0790. The second-order valence-corrected chi connectivity index (χ2v) is 7.46. The van der Waals surface area contributed by atoms with Crippen LogP contribution in [-0.2, 0) is 13.6 Å². The molecule has 2 aromatic heterocycles. The van der Waals surface area contributed by atoms with Crippen LogP contribution in [0.2, 0.25) is 0 Å². The molecule has 0 saturated carbocycles. The quantitative estimate of drug-likeness (QED) is 0.667. The molecule has 0 radical (unpaired) electrons. The second kappa shape index (κ2) is 8.71. The summed E-state index contributed by atoms with van der Waals surface area (Å²) < 4.78 is 1.87. The van der Waals surface area contributed by atoms with Gasteiger partial charge in [0, 0.05) is 38.7 Å². The maximum absolute atomic E-state index is 12.5. The number of carbonyl (C=O) groups excluding carboxylic acids is 2. The van der Waals surface area contributed by atoms with Gasteiger partial charge in [0.1, 0.15) is 5.82 Å². The van der Waals surface area contributed by atoms with Gasteiger partial charge in [-0.05, 0) is 30.0 Å². The number of amides is 3. The first-order chi connectivity index (χ1) is 13.5. The molecule has 3 aromatic rings. The fourth-order valence-electron chi connectivity index (χ4n) is 2.91. The summed E-state index contributed by atoms with van der Waals surface area (Å²) in [5.74, 6) is 0.724. The van der Waals surface area contributed by atoms with E-state index in [9.17, 15) is 9.59 Å². The number of aromatic nitrogens is 2. The molecule has 1 aromatic carbocycles. The number of thiophene rings is 1. The van der Waals surface area contributed by atoms with Crippen LogP contribution in [0.15, 0.2) is 54.2 Å². The average Bonchev–Trinajstić information content (AvgIpc) is 3.34. The Hall–Kier alpha value is -3.13. The van der Waals surface area contributed by atoms with Gasteiger partial charge in [0.25, 0.3) is 5.91 Å². The van der Waals surface area contributed by atoms with E-state index < -0.39 is 0 Å². The Balaban J connectivity index is 1.65. The van der Waals surface area contributed by atoms with Gasteiger partial charge in [-0.3, -0.25) is 4.79 Å². The molecule has 0 aliphatic heterocycles. The molecular weight excluding hydrogens is 374 g/mol. The summed E-state index contributed by atoms with van der Waals surface area (Å²) in [5, 5.41) is 7.64. The number of carbonyl (C=O) groups is 2. The number of para-hydroxylation sites is 1. The zero-order chi connectivity index (χ0) is 20.1. The van der Waals surface area contributed by atoms with E-state index in [0.717, 1.165) is 11.4 Å². The molecule has 146 valence electrons. The molecule has 0 fully saturated rings. The predicted octanol–water partition coefficient (Wildman–Crippen LogP) is 3.64. The normalized spacial score (nSPS) is 11.7. The van der Waals surface area contributed by atoms with Crippen LogP contribution < -0.4 is 10.6 Å². The SMILES string of the molecule is CC(NC(=O)Nc1ccccc1CN(C)C(=O)c1cccs1)c1nccn1C. The average molecular weight is 398 g/mol. The highest BCUT2D eigenvalue weighted by Gasteiger charge is 2.17. The number of benzene rings is 1. The number of aryl methyl sites for hydroxylation is 1. The highest BCUT2D eigenvalue weighted by atomic mass is 32.1. The van der Waals surface area contributed by atoms with Gasteiger partial charge in [0.05, 0.1) is 10.9 Å². The topological polar surface area (TPSA) is 79.3 Å². The number of imidazole rings is 1. The minimum Gasteiger partial charge on any atom is -0.337 e. The number of urea groups is 1. The Morgan fingerprint density at radius 3 is 2.71 bits per heavy atom. The van der Waals surface area contributed by atoms with Crippen LogP contribution in [0.25, 0.3) is 0 Å². The first kappa shape index (κ1) is 19.6. The molecule has 1 unspecified atom stereocenters. The van der Waals surface area contributed by atoms with Crippen LogP contribution in [-0.4, -0.2) is 33.4 Å². The van der Waals surface area contributed by atoms with Crippen LogP contribution in [0.3, 0.4) is 0 Å². The molecule has 2 heterocycles. The van der Waals surface area contributed by atoms with Gasteiger partial charge in [-0.1, -0.05) is 24.3 Å². The molecule has 0 bridgehead atoms. The first-order valence-corrected chi connectivity index (χ1v) is 9.75. The fourth-order valence-corrected chi connectivity index (χ4v) is 3.63. The molecule has 3 amide bonds. The van der Waals surface area contributed by atoms with E-state index in [1.807, 2.05) is 60.4 Å². The van der Waals surface area contributed by atoms with Crippen molar-refractivity contribution in [1.29, 1.82) is 0 Å². The minimum atomic E-state index is -0.324. The first-order valence-electron chi connectivity index (χ1n) is 8.87. The monoisotopic (exact) mass is 397 g/mol. The van der Waals surface area contributed by atoms with Gasteiger partial charge in [-0.15, -0.1) is 11.3 Å². The highest BCUT2D eigenvalue weighted by molar-refractivity contribution is 7.12. The van der Waals surface area contributed by atoms with Crippen molar-refractivity contribution in [3.63, 3.8) is 0 Å². The summed E-state index contributed by atoms with van der Waals surface area (Å²) in [5.41, 5.74) is 1.52. The van der Waals surface area contributed by atoms with E-state index in [1.54, 1.807) is 24.2 Å². The molecule has 0 saturated heterocycles. The molecule has 1 atom stereocenters. The zero-order valence-electron chi connectivity index (χ0n) is 16.0. The summed E-state index contributed by atoms with van der Waals surface area (Å²) in [6.07, 6.45) is 3.53. The zero-order valence-corrected chi connectivity index (χ0v) is 16.9. The van der Waals surface area contributed by atoms with Gasteiger partial charge >= 0.3 is 6.03 Å². The highest BCUT2D eigenvalue weighted by Crippen LogP contribution is 2.19. The van der Waals surface area contributed by atoms with Crippen molar-refractivity contribution in [1.82, 2.24) is 19.8 Å². The third-order valence-electron chi connectivity index (χ3n) is 4.35. The van der Waals surface area contributed by atoms with Gasteiger partial charge in [-0.2, -0.15) is 0 Å². The van der Waals surface area contributed by atoms with Crippen molar-refractivity contribution in [2.24, 2.45) is 7.05 Å². The maximum Gasteiger partial charge on any atom is 0.319 e. The summed E-state index contributed by atoms with van der Waals surface area (Å²) in [7, 11) is 3.64. The Bertz CT molecular complexity index is 951. The summed E-state index contributed by atoms with van der Waals surface area (Å²) in [4.78, 5) is 31.5. The maximum atomic E-state index is 12.5. The van der Waals surface area contributed by atoms with Gasteiger partial charge in [-0.25, -0.2) is 9.78 Å². The summed E-state index contributed by atoms with van der Waals surface area (Å²) in [6.45, 7) is 2.27. The van der Waals surface area contributed by atoms with Crippen LogP contribution in [0.5, 0.6) is 0 Å². The molecule has 8 heteroatoms. The van der Waals surface area contributed by atoms with Crippen LogP contribution in [0.1, 0.15) is 34.0 Å². The van der Waals surface area contributed by atoms with E-state index in [-0.39, 0.29) is 18.0 Å². The Kier molecular flexibility index (Phi) is 6.10. The number of nitrogens with zero attached hydrogens (tertiary/aromatic N) is 3. The van der Waals surface area contributed by atoms with Crippen molar-refractivity contribution in [2.45, 2.75) is 19.5 Å². The Labute approximate surface area is 168 Å². The third-order valence-corrected chi connectivity index (χ3v) is 5.20. The minimum absolute atomic E-state index is 0.0438. The molecule has 0 aliphatic rings. The smallest absolute Gasteiger partial charge is 0.319 e. The van der Waals surface area contributed by atoms with Crippen molar-refractivity contribution < 1.29 is 9.59 Å². The van der Waals surface area contributed by atoms with Crippen LogP contribution >= 0.6 is 11.3 Å². The summed E-state index contributed by atoms with van der Waals surface area (Å²) >= 11 is 1.41. The van der Waals surface area contributed by atoms with E-state index in [2.05, 4.69) is 15.6 Å². The second-order valence-electron chi connectivity index (χ2n) is 6.51. The largest absolute Gasteiger partial charge is 0.337 e. The lowest BCUT2D eigenvalue weighted by Crippen LogP contribution is -2.33. The van der Waals surface area contributed by atoms with E-state index >= 15 is 0 Å². The van der Waals surface area contributed by atoms with Crippen LogP contribution in [0, 0.1) is 0 Å². The molecule has 0 aliphatic carbocycles. The standard InChI is InChI=1S/C20H23N5O2S/c1-14(18-21-10-11-24(18)2)22-20(27)23-16-8-5-4-7-15(16)13-25(3)19(26)17-9-6-12-28-17/h4-12,14H,13H2,1-3H3,(H2,22,23,27). The number of rotatable bonds is 6. The van der Waals surface area contributed by atoms with Crippen molar-refractivity contribution in [2.75, 3.05) is 12.4 Å². The van der Waals surface area contributed by atoms with E-state index in [1.165, 1.54) is 11.3 Å². The lowest BCUT2D eigenvalue weighted by Gasteiger charge is -2.20. The van der Waals surface area contributed by atoms with Crippen molar-refractivity contribution in [3.8, 4) is 0 Å². The van der Waals surface area contributed by atoms with Crippen LogP contribution in [0.4, 0.5) is 10.5 Å². The van der Waals surface area contributed by atoms with E-state index in [4.69, 9.17) is 0 Å². The molecule has 7 nitrogen and oxygen atoms in total. The number of anilines is 1. The number of nitrogens with one attached hydrogen (secondary N) is 2. The van der Waals surface area contributed by atoms with Gasteiger partial charge in [0.15, 0.2) is 0 Å². The lowest BCUT2D eigenvalue weighted by atomic mass is 10.1. The molecular formula is C20H23N5O2S. The summed E-state index contributed by atoms with van der Waals surface area (Å²) in [6, 6.07) is 10.6. The van der Waals surface area contributed by atoms with Gasteiger partial charge in [0.2, 0.25) is 0 Å². The number of hydrogen-bond donors (Lipinski definition) is 2. The van der Waals surface area contributed by atoms with Crippen molar-refractivity contribution in [3.05, 3.63) is 70.4 Å². The predicted molar refractivity (Wildman–Crippen MR) is 110 cm³/mol. The third kappa shape index (κ3) is 4.58. The molecule has 2 N–H and O–H groups in total. The molecule has 0 spiro atoms. The Morgan fingerprint density at radius 2 is 2.04 bits per heavy atom.